The summed E-state index contributed by atoms with van der Waals surface area (Å²) < 4.78 is 2.21. The smallest absolute Gasteiger partial charge is 0.220 e. The molecule has 2 aromatic rings. The van der Waals surface area contributed by atoms with E-state index in [-0.39, 0.29) is 11.9 Å². The van der Waals surface area contributed by atoms with E-state index in [0.717, 1.165) is 51.3 Å². The van der Waals surface area contributed by atoms with Gasteiger partial charge in [0.2, 0.25) is 5.91 Å². The first-order valence-corrected chi connectivity index (χ1v) is 9.04. The molecule has 0 unspecified atom stereocenters. The number of fused-ring (bicyclic) bond motifs is 1. The molecule has 0 saturated heterocycles. The highest BCUT2D eigenvalue weighted by Crippen LogP contribution is 2.35. The van der Waals surface area contributed by atoms with Gasteiger partial charge in [0.25, 0.3) is 0 Å². The molecule has 6 nitrogen and oxygen atoms in total. The van der Waals surface area contributed by atoms with E-state index in [4.69, 9.17) is 0 Å². The molecule has 2 aliphatic rings. The predicted octanol–water partition coefficient (Wildman–Crippen LogP) is 1.99. The molecule has 1 atom stereocenters. The molecule has 132 valence electrons. The van der Waals surface area contributed by atoms with Crippen LogP contribution in [0.2, 0.25) is 0 Å². The van der Waals surface area contributed by atoms with Crippen LogP contribution < -0.4 is 0 Å². The van der Waals surface area contributed by atoms with E-state index in [1.165, 1.54) is 11.3 Å². The molecule has 0 spiro atoms. The third kappa shape index (κ3) is 3.26. The van der Waals surface area contributed by atoms with Gasteiger partial charge in [0.15, 0.2) is 0 Å². The van der Waals surface area contributed by atoms with Crippen molar-refractivity contribution < 1.29 is 4.79 Å². The number of nitrogens with one attached hydrogen (secondary N) is 1. The molecule has 2 aromatic heterocycles. The van der Waals surface area contributed by atoms with E-state index in [2.05, 4.69) is 50.0 Å². The molecule has 1 N–H and O–H groups in total. The third-order valence-electron chi connectivity index (χ3n) is 5.28. The number of H-pyrrole nitrogens is 1. The first-order chi connectivity index (χ1) is 12.2. The van der Waals surface area contributed by atoms with Gasteiger partial charge >= 0.3 is 0 Å². The van der Waals surface area contributed by atoms with Gasteiger partial charge in [0.05, 0.1) is 18.1 Å². The minimum absolute atomic E-state index is 0.0121. The van der Waals surface area contributed by atoms with E-state index in [1.807, 2.05) is 4.90 Å². The first kappa shape index (κ1) is 16.1. The first-order valence-electron chi connectivity index (χ1n) is 9.04. The van der Waals surface area contributed by atoms with E-state index >= 15 is 0 Å². The molecule has 0 fully saturated rings. The number of hydrogen-bond donors (Lipinski definition) is 1. The fraction of sp³-hybridized carbons (Fsp3) is 0.474. The molecular formula is C19H25N5O. The van der Waals surface area contributed by atoms with Crippen molar-refractivity contribution in [2.75, 3.05) is 26.2 Å². The van der Waals surface area contributed by atoms with Crippen molar-refractivity contribution in [3.8, 4) is 0 Å². The van der Waals surface area contributed by atoms with Crippen LogP contribution in [-0.4, -0.2) is 56.4 Å². The van der Waals surface area contributed by atoms with Crippen molar-refractivity contribution in [3.63, 3.8) is 0 Å². The van der Waals surface area contributed by atoms with Crippen LogP contribution in [0.1, 0.15) is 30.8 Å². The van der Waals surface area contributed by atoms with Crippen molar-refractivity contribution >= 4 is 5.91 Å². The molecule has 1 amide bonds. The number of hydrogen-bond acceptors (Lipinski definition) is 3. The summed E-state index contributed by atoms with van der Waals surface area (Å²) in [6.07, 6.45) is 10.2. The summed E-state index contributed by atoms with van der Waals surface area (Å²) in [5.41, 5.74) is 3.51. The van der Waals surface area contributed by atoms with Crippen LogP contribution in [0.5, 0.6) is 0 Å². The van der Waals surface area contributed by atoms with Crippen LogP contribution >= 0.6 is 0 Å². The van der Waals surface area contributed by atoms with Crippen LogP contribution in [0, 0.1) is 0 Å². The summed E-state index contributed by atoms with van der Waals surface area (Å²) in [5.74, 6) is 0.129. The van der Waals surface area contributed by atoms with Crippen LogP contribution in [0.3, 0.4) is 0 Å². The normalized spacial score (nSPS) is 21.1. The Balaban J connectivity index is 1.51. The molecule has 0 aromatic carbocycles. The summed E-state index contributed by atoms with van der Waals surface area (Å²) >= 11 is 0. The fourth-order valence-corrected chi connectivity index (χ4v) is 3.99. The maximum atomic E-state index is 12.2. The molecule has 0 aliphatic carbocycles. The lowest BCUT2D eigenvalue weighted by Crippen LogP contribution is -2.43. The number of amides is 1. The molecule has 4 rings (SSSR count). The van der Waals surface area contributed by atoms with E-state index < -0.39 is 0 Å². The van der Waals surface area contributed by atoms with Gasteiger partial charge in [-0.1, -0.05) is 6.08 Å². The molecule has 6 heteroatoms. The maximum absolute atomic E-state index is 12.2. The molecule has 0 bridgehead atoms. The number of imidazole rings is 1. The zero-order valence-corrected chi connectivity index (χ0v) is 14.7. The molecule has 4 heterocycles. The monoisotopic (exact) mass is 339 g/mol. The van der Waals surface area contributed by atoms with Crippen LogP contribution in [-0.2, 0) is 17.8 Å². The Hall–Kier alpha value is -2.34. The largest absolute Gasteiger partial charge is 0.353 e. The second-order valence-electron chi connectivity index (χ2n) is 6.90. The van der Waals surface area contributed by atoms with Crippen molar-refractivity contribution in [1.82, 2.24) is 24.3 Å². The zero-order valence-electron chi connectivity index (χ0n) is 14.7. The SMILES string of the molecule is CC(=O)N1CCc2[nH]cnc2[C@H]1C1=CCCN(CCn2cccc2)C1. The Morgan fingerprint density at radius 2 is 2.12 bits per heavy atom. The number of aromatic nitrogens is 3. The summed E-state index contributed by atoms with van der Waals surface area (Å²) in [6.45, 7) is 6.42. The summed E-state index contributed by atoms with van der Waals surface area (Å²) in [7, 11) is 0. The minimum atomic E-state index is -0.0121. The average molecular weight is 339 g/mol. The van der Waals surface area contributed by atoms with Gasteiger partial charge in [-0.05, 0) is 24.1 Å². The Morgan fingerprint density at radius 1 is 1.28 bits per heavy atom. The predicted molar refractivity (Wildman–Crippen MR) is 96.0 cm³/mol. The Bertz CT molecular complexity index is 761. The van der Waals surface area contributed by atoms with E-state index in [0.29, 0.717) is 0 Å². The van der Waals surface area contributed by atoms with Crippen LogP contribution in [0.25, 0.3) is 0 Å². The van der Waals surface area contributed by atoms with Gasteiger partial charge in [-0.15, -0.1) is 0 Å². The maximum Gasteiger partial charge on any atom is 0.220 e. The number of aromatic amines is 1. The number of nitrogens with zero attached hydrogens (tertiary/aromatic N) is 4. The number of carbonyl (C=O) groups is 1. The van der Waals surface area contributed by atoms with Gasteiger partial charge in [-0.3, -0.25) is 9.69 Å². The lowest BCUT2D eigenvalue weighted by atomic mass is 9.92. The third-order valence-corrected chi connectivity index (χ3v) is 5.28. The lowest BCUT2D eigenvalue weighted by Gasteiger charge is -2.39. The Labute approximate surface area is 148 Å². The summed E-state index contributed by atoms with van der Waals surface area (Å²) in [5, 5.41) is 0. The van der Waals surface area contributed by atoms with Gasteiger partial charge < -0.3 is 14.5 Å². The number of rotatable bonds is 4. The summed E-state index contributed by atoms with van der Waals surface area (Å²) in [4.78, 5) is 24.4. The van der Waals surface area contributed by atoms with Crippen molar-refractivity contribution in [2.24, 2.45) is 0 Å². The number of carbonyl (C=O) groups excluding carboxylic acids is 1. The highest BCUT2D eigenvalue weighted by Gasteiger charge is 2.35. The van der Waals surface area contributed by atoms with Crippen LogP contribution in [0.15, 0.2) is 42.5 Å². The van der Waals surface area contributed by atoms with E-state index in [9.17, 15) is 4.79 Å². The summed E-state index contributed by atoms with van der Waals surface area (Å²) in [6, 6.07) is 4.11. The highest BCUT2D eigenvalue weighted by molar-refractivity contribution is 5.74. The van der Waals surface area contributed by atoms with Crippen LogP contribution in [0.4, 0.5) is 0 Å². The highest BCUT2D eigenvalue weighted by atomic mass is 16.2. The molecule has 0 radical (unpaired) electrons. The average Bonchev–Trinajstić information content (AvgIpc) is 3.30. The van der Waals surface area contributed by atoms with Crippen molar-refractivity contribution in [1.29, 1.82) is 0 Å². The quantitative estimate of drug-likeness (QED) is 0.867. The molecular weight excluding hydrogens is 314 g/mol. The fourth-order valence-electron chi connectivity index (χ4n) is 3.99. The lowest BCUT2D eigenvalue weighted by molar-refractivity contribution is -0.131. The molecule has 2 aliphatic heterocycles. The second kappa shape index (κ2) is 6.88. The topological polar surface area (TPSA) is 57.2 Å². The standard InChI is InChI=1S/C19H25N5O/c1-15(25)24-10-6-17-18(21-14-20-17)19(24)16-5-4-9-23(13-16)12-11-22-7-2-3-8-22/h2-3,5,7-8,14,19H,4,6,9-13H2,1H3,(H,20,21)/t19-/m1/s1. The Morgan fingerprint density at radius 3 is 2.92 bits per heavy atom. The van der Waals surface area contributed by atoms with Crippen molar-refractivity contribution in [2.45, 2.75) is 32.4 Å². The Kier molecular flexibility index (Phi) is 4.44. The van der Waals surface area contributed by atoms with Crippen molar-refractivity contribution in [3.05, 3.63) is 53.9 Å². The van der Waals surface area contributed by atoms with Gasteiger partial charge in [0, 0.05) is 64.2 Å². The second-order valence-corrected chi connectivity index (χ2v) is 6.90. The van der Waals surface area contributed by atoms with Gasteiger partial charge in [-0.25, -0.2) is 4.98 Å². The zero-order chi connectivity index (χ0) is 17.2. The van der Waals surface area contributed by atoms with Gasteiger partial charge in [-0.2, -0.15) is 0 Å². The van der Waals surface area contributed by atoms with Gasteiger partial charge in [0.1, 0.15) is 0 Å². The molecule has 0 saturated carbocycles. The molecule has 25 heavy (non-hydrogen) atoms. The minimum Gasteiger partial charge on any atom is -0.353 e. The van der Waals surface area contributed by atoms with E-state index in [1.54, 1.807) is 13.3 Å².